The van der Waals surface area contributed by atoms with Crippen LogP contribution in [0.1, 0.15) is 112 Å². The summed E-state index contributed by atoms with van der Waals surface area (Å²) in [6.45, 7) is 8.97. The van der Waals surface area contributed by atoms with Crippen molar-refractivity contribution in [3.8, 4) is 11.4 Å². The molecular weight excluding hydrogens is 682 g/mol. The van der Waals surface area contributed by atoms with Crippen LogP contribution in [0.5, 0.6) is 0 Å². The van der Waals surface area contributed by atoms with Gasteiger partial charge in [0.1, 0.15) is 18.5 Å². The van der Waals surface area contributed by atoms with E-state index in [1.807, 2.05) is 20.8 Å². The molecule has 1 saturated carbocycles. The van der Waals surface area contributed by atoms with Crippen molar-refractivity contribution < 1.29 is 33.4 Å². The molecule has 0 radical (unpaired) electrons. The van der Waals surface area contributed by atoms with Gasteiger partial charge in [0, 0.05) is 28.0 Å². The van der Waals surface area contributed by atoms with Crippen LogP contribution in [0, 0.1) is 18.2 Å². The van der Waals surface area contributed by atoms with E-state index in [9.17, 15) is 24.3 Å². The van der Waals surface area contributed by atoms with Crippen molar-refractivity contribution in [1.29, 1.82) is 0 Å². The number of carbonyl (C=O) groups excluding carboxylic acids is 3. The number of cyclic esters (lactones) is 1. The van der Waals surface area contributed by atoms with Gasteiger partial charge in [0.2, 0.25) is 5.12 Å². The van der Waals surface area contributed by atoms with Gasteiger partial charge in [-0.15, -0.1) is 0 Å². The summed E-state index contributed by atoms with van der Waals surface area (Å²) >= 11 is 0. The number of esters is 1. The topological polar surface area (TPSA) is 137 Å². The summed E-state index contributed by atoms with van der Waals surface area (Å²) in [7, 11) is 2.73. The summed E-state index contributed by atoms with van der Waals surface area (Å²) in [5, 5.41) is 15.3. The van der Waals surface area contributed by atoms with Gasteiger partial charge >= 0.3 is 12.1 Å². The van der Waals surface area contributed by atoms with E-state index in [-0.39, 0.29) is 53.0 Å². The summed E-state index contributed by atoms with van der Waals surface area (Å²) in [6.07, 6.45) is 4.58. The SMILES string of the molecule is CC[C@@]1(O)C(=O)OCc2c1cc1n(c2=O)Cc2c-1nc1cc(F)c(C)c3c1c2[C@@H](NC(=O)O[C@@H]1CCCCC[C@H]1SSC(=O)C(C)(C)C)CC3. The number of fused-ring (bicyclic) bond motifs is 5. The van der Waals surface area contributed by atoms with Crippen LogP contribution in [0.15, 0.2) is 16.9 Å². The van der Waals surface area contributed by atoms with Gasteiger partial charge in [-0.1, -0.05) is 51.3 Å². The Labute approximate surface area is 297 Å². The number of nitrogens with zero attached hydrogens (tertiary/aromatic N) is 2. The van der Waals surface area contributed by atoms with Gasteiger partial charge < -0.3 is 24.5 Å². The molecular formula is C37H42FN3O7S2. The fourth-order valence-electron chi connectivity index (χ4n) is 7.73. The number of carbonyl (C=O) groups is 3. The van der Waals surface area contributed by atoms with Gasteiger partial charge in [0.25, 0.3) is 5.56 Å². The maximum absolute atomic E-state index is 15.3. The third-order valence-electron chi connectivity index (χ3n) is 10.7. The smallest absolute Gasteiger partial charge is 0.407 e. The molecule has 0 bridgehead atoms. The zero-order valence-corrected chi connectivity index (χ0v) is 30.6. The standard InChI is InChI=1S/C37H42FN3O7S2/c1-6-37(46)22-14-26-31-20(16-41(26)32(42)21(22)17-47-33(37)43)30-24(13-12-19-18(2)23(38)15-25(39-31)29(19)30)40-35(45)48-27-10-8-7-9-11-28(27)49-50-34(44)36(3,4)5/h14-15,24,27-28,46H,6-13,16-17H2,1-5H3,(H,40,45)/t24-,27+,28+,37-/m0/s1. The first-order valence-corrected chi connectivity index (χ1v) is 19.6. The molecule has 4 atom stereocenters. The van der Waals surface area contributed by atoms with Crippen LogP contribution < -0.4 is 10.9 Å². The number of hydrogen-bond donors (Lipinski definition) is 2. The van der Waals surface area contributed by atoms with E-state index in [0.29, 0.717) is 41.7 Å². The molecule has 2 N–H and O–H groups in total. The highest BCUT2D eigenvalue weighted by Gasteiger charge is 2.46. The molecule has 1 aromatic carbocycles. The van der Waals surface area contributed by atoms with Gasteiger partial charge in [-0.05, 0) is 79.0 Å². The van der Waals surface area contributed by atoms with E-state index >= 15 is 4.39 Å². The van der Waals surface area contributed by atoms with Crippen molar-refractivity contribution in [2.75, 3.05) is 0 Å². The van der Waals surface area contributed by atoms with Crippen LogP contribution in [-0.4, -0.2) is 43.2 Å². The highest BCUT2D eigenvalue weighted by molar-refractivity contribution is 8.82. The lowest BCUT2D eigenvalue weighted by Gasteiger charge is -2.31. The van der Waals surface area contributed by atoms with Gasteiger partial charge in [0.15, 0.2) is 5.60 Å². The Kier molecular flexibility index (Phi) is 9.08. The number of aryl methyl sites for hydroxylation is 1. The largest absolute Gasteiger partial charge is 0.458 e. The maximum atomic E-state index is 15.3. The molecule has 50 heavy (non-hydrogen) atoms. The van der Waals surface area contributed by atoms with E-state index in [0.717, 1.165) is 47.8 Å². The number of ether oxygens (including phenoxy) is 2. The number of aliphatic hydroxyl groups is 1. The molecule has 2 aliphatic heterocycles. The molecule has 1 amide bonds. The molecule has 266 valence electrons. The fourth-order valence-corrected chi connectivity index (χ4v) is 10.8. The van der Waals surface area contributed by atoms with Crippen molar-refractivity contribution >= 4 is 49.7 Å². The van der Waals surface area contributed by atoms with Crippen molar-refractivity contribution in [3.63, 3.8) is 0 Å². The molecule has 0 spiro atoms. The van der Waals surface area contributed by atoms with Crippen molar-refractivity contribution in [3.05, 3.63) is 61.7 Å². The molecule has 0 unspecified atom stereocenters. The Bertz CT molecular complexity index is 2010. The Hall–Kier alpha value is -3.42. The van der Waals surface area contributed by atoms with E-state index in [4.69, 9.17) is 14.5 Å². The Morgan fingerprint density at radius 3 is 2.64 bits per heavy atom. The zero-order chi connectivity index (χ0) is 35.7. The summed E-state index contributed by atoms with van der Waals surface area (Å²) < 4.78 is 28.2. The molecule has 10 nitrogen and oxygen atoms in total. The summed E-state index contributed by atoms with van der Waals surface area (Å²) in [5.74, 6) is -1.20. The third-order valence-corrected chi connectivity index (χ3v) is 13.8. The Balaban J connectivity index is 1.25. The third kappa shape index (κ3) is 5.82. The monoisotopic (exact) mass is 723 g/mol. The van der Waals surface area contributed by atoms with Crippen LogP contribution >= 0.6 is 21.6 Å². The van der Waals surface area contributed by atoms with Crippen LogP contribution in [-0.2, 0) is 44.2 Å². The molecule has 4 heterocycles. The Morgan fingerprint density at radius 2 is 1.90 bits per heavy atom. The van der Waals surface area contributed by atoms with E-state index in [1.54, 1.807) is 24.5 Å². The molecule has 2 aromatic heterocycles. The minimum atomic E-state index is -1.98. The minimum Gasteiger partial charge on any atom is -0.458 e. The summed E-state index contributed by atoms with van der Waals surface area (Å²) in [4.78, 5) is 57.9. The minimum absolute atomic E-state index is 0.0128. The molecule has 0 saturated heterocycles. The van der Waals surface area contributed by atoms with Crippen LogP contribution in [0.25, 0.3) is 22.3 Å². The van der Waals surface area contributed by atoms with Crippen molar-refractivity contribution in [1.82, 2.24) is 14.9 Å². The maximum Gasteiger partial charge on any atom is 0.407 e. The second-order valence-electron chi connectivity index (χ2n) is 14.9. The predicted octanol–water partition coefficient (Wildman–Crippen LogP) is 6.90. The lowest BCUT2D eigenvalue weighted by molar-refractivity contribution is -0.172. The van der Waals surface area contributed by atoms with Gasteiger partial charge in [-0.2, -0.15) is 0 Å². The molecule has 2 aliphatic carbocycles. The summed E-state index contributed by atoms with van der Waals surface area (Å²) in [5.41, 5.74) is 1.66. The molecule has 1 fully saturated rings. The highest BCUT2D eigenvalue weighted by Crippen LogP contribution is 2.46. The van der Waals surface area contributed by atoms with Gasteiger partial charge in [-0.3, -0.25) is 9.59 Å². The van der Waals surface area contributed by atoms with Gasteiger partial charge in [0.05, 0.1) is 40.3 Å². The molecule has 4 aliphatic rings. The van der Waals surface area contributed by atoms with Crippen molar-refractivity contribution in [2.24, 2.45) is 5.41 Å². The predicted molar refractivity (Wildman–Crippen MR) is 190 cm³/mol. The number of pyridine rings is 2. The molecule has 13 heteroatoms. The molecule has 3 aromatic rings. The number of benzene rings is 1. The van der Waals surface area contributed by atoms with E-state index in [1.165, 1.54) is 27.7 Å². The normalized spacial score (nSPS) is 24.1. The summed E-state index contributed by atoms with van der Waals surface area (Å²) in [6, 6.07) is 2.52. The molecule has 7 rings (SSSR count). The van der Waals surface area contributed by atoms with Crippen LogP contribution in [0.4, 0.5) is 9.18 Å². The first-order valence-electron chi connectivity index (χ1n) is 17.4. The van der Waals surface area contributed by atoms with Crippen molar-refractivity contribution in [2.45, 2.75) is 122 Å². The van der Waals surface area contributed by atoms with E-state index < -0.39 is 34.7 Å². The van der Waals surface area contributed by atoms with Crippen LogP contribution in [0.3, 0.4) is 0 Å². The lowest BCUT2D eigenvalue weighted by atomic mass is 9.81. The number of amides is 1. The average molecular weight is 724 g/mol. The lowest BCUT2D eigenvalue weighted by Crippen LogP contribution is -2.44. The number of nitrogens with one attached hydrogen (secondary N) is 1. The second-order valence-corrected chi connectivity index (χ2v) is 17.3. The Morgan fingerprint density at radius 1 is 1.14 bits per heavy atom. The first-order chi connectivity index (χ1) is 23.7. The number of rotatable bonds is 5. The number of aromatic nitrogens is 2. The average Bonchev–Trinajstić information content (AvgIpc) is 3.29. The first kappa shape index (κ1) is 35.0. The fraction of sp³-hybridized carbons (Fsp3) is 0.541. The second kappa shape index (κ2) is 13.0. The number of hydrogen-bond acceptors (Lipinski definition) is 10. The number of alkyl carbamates (subject to hydrolysis) is 1. The zero-order valence-electron chi connectivity index (χ0n) is 28.9. The van der Waals surface area contributed by atoms with Crippen LogP contribution in [0.2, 0.25) is 0 Å². The van der Waals surface area contributed by atoms with E-state index in [2.05, 4.69) is 5.32 Å². The van der Waals surface area contributed by atoms with Gasteiger partial charge in [-0.25, -0.2) is 19.0 Å². The highest BCUT2D eigenvalue weighted by atomic mass is 33.1. The number of halogens is 1. The quantitative estimate of drug-likeness (QED) is 0.127.